The Hall–Kier alpha value is -3.91. The zero-order chi connectivity index (χ0) is 24.7. The van der Waals surface area contributed by atoms with Gasteiger partial charge in [-0.2, -0.15) is 4.72 Å². The third-order valence-electron chi connectivity index (χ3n) is 5.66. The molecule has 0 bridgehead atoms. The van der Waals surface area contributed by atoms with E-state index in [1.165, 1.54) is 0 Å². The monoisotopic (exact) mass is 477 g/mol. The summed E-state index contributed by atoms with van der Waals surface area (Å²) < 4.78 is 29.9. The van der Waals surface area contributed by atoms with Gasteiger partial charge in [0.2, 0.25) is 10.0 Å². The summed E-state index contributed by atoms with van der Waals surface area (Å²) >= 11 is 0. The smallest absolute Gasteiger partial charge is 0.207 e. The van der Waals surface area contributed by atoms with Crippen molar-refractivity contribution in [2.24, 2.45) is 0 Å². The molecule has 1 N–H and O–H groups in total. The fourth-order valence-corrected chi connectivity index (χ4v) is 4.93. The topological polar surface area (TPSA) is 46.2 Å². The molecule has 4 aromatic rings. The van der Waals surface area contributed by atoms with Crippen molar-refractivity contribution >= 4 is 16.1 Å². The highest BCUT2D eigenvalue weighted by molar-refractivity contribution is 7.89. The lowest BCUT2D eigenvalue weighted by molar-refractivity contribution is 0.572. The van der Waals surface area contributed by atoms with Crippen LogP contribution in [0.1, 0.15) is 33.9 Å². The molecule has 0 saturated heterocycles. The van der Waals surface area contributed by atoms with Gasteiger partial charge < -0.3 is 0 Å². The van der Waals surface area contributed by atoms with Gasteiger partial charge in [0.15, 0.2) is 0 Å². The van der Waals surface area contributed by atoms with E-state index in [4.69, 9.17) is 0 Å². The maximum absolute atomic E-state index is 13.5. The Morgan fingerprint density at radius 3 is 2.03 bits per heavy atom. The minimum absolute atomic E-state index is 0.219. The lowest BCUT2D eigenvalue weighted by Gasteiger charge is -2.22. The maximum Gasteiger partial charge on any atom is 0.241 e. The third-order valence-corrected chi connectivity index (χ3v) is 7.10. The zero-order valence-electron chi connectivity index (χ0n) is 19.8. The Labute approximate surface area is 208 Å². The van der Waals surface area contributed by atoms with Gasteiger partial charge in [0.1, 0.15) is 0 Å². The van der Waals surface area contributed by atoms with Crippen molar-refractivity contribution in [3.63, 3.8) is 0 Å². The Morgan fingerprint density at radius 1 is 0.771 bits per heavy atom. The first kappa shape index (κ1) is 24.2. The number of hydrogen-bond acceptors (Lipinski definition) is 2. The molecule has 0 spiro atoms. The van der Waals surface area contributed by atoms with Crippen LogP contribution >= 0.6 is 0 Å². The molecule has 0 aliphatic carbocycles. The molecular formula is C31H27NO2S. The van der Waals surface area contributed by atoms with Crippen LogP contribution in [0, 0.1) is 25.7 Å². The number of hydrogen-bond donors (Lipinski definition) is 1. The molecule has 0 heterocycles. The number of rotatable bonds is 6. The van der Waals surface area contributed by atoms with Gasteiger partial charge in [-0.3, -0.25) is 0 Å². The molecule has 0 aliphatic rings. The zero-order valence-corrected chi connectivity index (χ0v) is 20.6. The van der Waals surface area contributed by atoms with E-state index in [0.717, 1.165) is 27.8 Å². The highest BCUT2D eigenvalue weighted by Gasteiger charge is 2.25. The van der Waals surface area contributed by atoms with E-state index in [1.807, 2.05) is 105 Å². The van der Waals surface area contributed by atoms with E-state index in [9.17, 15) is 8.42 Å². The van der Waals surface area contributed by atoms with E-state index in [2.05, 4.69) is 16.6 Å². The molecule has 0 saturated carbocycles. The van der Waals surface area contributed by atoms with Crippen LogP contribution < -0.4 is 4.72 Å². The quantitative estimate of drug-likeness (QED) is 0.324. The largest absolute Gasteiger partial charge is 0.241 e. The lowest BCUT2D eigenvalue weighted by atomic mass is 9.94. The number of nitrogens with one attached hydrogen (secondary N) is 1. The highest BCUT2D eigenvalue weighted by Crippen LogP contribution is 2.28. The predicted octanol–water partition coefficient (Wildman–Crippen LogP) is 6.46. The molecule has 35 heavy (non-hydrogen) atoms. The molecule has 0 aromatic heterocycles. The molecule has 174 valence electrons. The van der Waals surface area contributed by atoms with Gasteiger partial charge in [-0.15, -0.1) is 0 Å². The summed E-state index contributed by atoms with van der Waals surface area (Å²) in [6, 6.07) is 33.5. The van der Waals surface area contributed by atoms with Crippen molar-refractivity contribution in [3.8, 4) is 11.8 Å². The molecular weight excluding hydrogens is 450 g/mol. The van der Waals surface area contributed by atoms with Crippen molar-refractivity contribution in [2.45, 2.75) is 24.8 Å². The first-order valence-electron chi connectivity index (χ1n) is 11.4. The summed E-state index contributed by atoms with van der Waals surface area (Å²) in [5, 5.41) is 0. The van der Waals surface area contributed by atoms with Crippen molar-refractivity contribution in [1.29, 1.82) is 0 Å². The Balaban J connectivity index is 1.86. The molecule has 4 rings (SSSR count). The predicted molar refractivity (Wildman–Crippen MR) is 143 cm³/mol. The van der Waals surface area contributed by atoms with E-state index in [0.29, 0.717) is 5.57 Å². The molecule has 0 aliphatic heterocycles. The van der Waals surface area contributed by atoms with Crippen LogP contribution in [-0.2, 0) is 10.0 Å². The van der Waals surface area contributed by atoms with E-state index in [1.54, 1.807) is 24.3 Å². The van der Waals surface area contributed by atoms with Crippen LogP contribution in [-0.4, -0.2) is 8.42 Å². The second kappa shape index (κ2) is 11.0. The Morgan fingerprint density at radius 2 is 1.37 bits per heavy atom. The Kier molecular flexibility index (Phi) is 7.62. The van der Waals surface area contributed by atoms with Crippen molar-refractivity contribution < 1.29 is 8.42 Å². The van der Waals surface area contributed by atoms with Crippen molar-refractivity contribution in [2.75, 3.05) is 0 Å². The van der Waals surface area contributed by atoms with Gasteiger partial charge in [-0.05, 0) is 60.9 Å². The fourth-order valence-electron chi connectivity index (χ4n) is 3.73. The summed E-state index contributed by atoms with van der Waals surface area (Å²) in [7, 11) is -3.82. The summed E-state index contributed by atoms with van der Waals surface area (Å²) in [4.78, 5) is 0.219. The van der Waals surface area contributed by atoms with E-state index in [-0.39, 0.29) is 4.90 Å². The van der Waals surface area contributed by atoms with Crippen LogP contribution in [0.15, 0.2) is 120 Å². The van der Waals surface area contributed by atoms with Crippen LogP contribution in [0.25, 0.3) is 6.08 Å². The fraction of sp³-hybridized carbons (Fsp3) is 0.0968. The maximum atomic E-state index is 13.5. The first-order valence-corrected chi connectivity index (χ1v) is 12.9. The standard InChI is InChI=1S/C31H27NO2S/c1-24-17-21-29(22-18-24)35(33,34)32-31(30-16-10-9-11-25(30)2)28(23-27-14-7-4-8-15-27)20-19-26-12-5-3-6-13-26/h3-18,21-23,31-32H,1-2H3/b28-23+/t31-/m1/s1. The summed E-state index contributed by atoms with van der Waals surface area (Å²) in [5.74, 6) is 6.49. The number of sulfonamides is 1. The van der Waals surface area contributed by atoms with Gasteiger partial charge in [-0.25, -0.2) is 8.42 Å². The van der Waals surface area contributed by atoms with E-state index < -0.39 is 16.1 Å². The summed E-state index contributed by atoms with van der Waals surface area (Å²) in [6.07, 6.45) is 1.95. The molecule has 0 fully saturated rings. The average molecular weight is 478 g/mol. The minimum atomic E-state index is -3.82. The molecule has 3 nitrogen and oxygen atoms in total. The first-order chi connectivity index (χ1) is 16.9. The Bertz CT molecular complexity index is 1480. The third kappa shape index (κ3) is 6.36. The lowest BCUT2D eigenvalue weighted by Crippen LogP contribution is -2.30. The number of aryl methyl sites for hydroxylation is 2. The second-order valence-corrected chi connectivity index (χ2v) is 10.1. The molecule has 0 unspecified atom stereocenters. The molecule has 4 heteroatoms. The summed E-state index contributed by atoms with van der Waals surface area (Å²) in [5.41, 5.74) is 5.29. The van der Waals surface area contributed by atoms with Crippen LogP contribution in [0.3, 0.4) is 0 Å². The average Bonchev–Trinajstić information content (AvgIpc) is 2.87. The van der Waals surface area contributed by atoms with Crippen molar-refractivity contribution in [3.05, 3.63) is 143 Å². The highest BCUT2D eigenvalue weighted by atomic mass is 32.2. The van der Waals surface area contributed by atoms with Gasteiger partial charge in [0, 0.05) is 11.1 Å². The SMILES string of the molecule is Cc1ccc(S(=O)(=O)N[C@H](/C(C#Cc2ccccc2)=C/c2ccccc2)c2ccccc2C)cc1. The molecule has 0 amide bonds. The van der Waals surface area contributed by atoms with E-state index >= 15 is 0 Å². The molecule has 0 radical (unpaired) electrons. The second-order valence-electron chi connectivity index (χ2n) is 8.35. The normalized spacial score (nSPS) is 12.5. The van der Waals surface area contributed by atoms with Gasteiger partial charge in [0.05, 0.1) is 10.9 Å². The van der Waals surface area contributed by atoms with Crippen LogP contribution in [0.2, 0.25) is 0 Å². The summed E-state index contributed by atoms with van der Waals surface area (Å²) in [6.45, 7) is 3.91. The molecule has 4 aromatic carbocycles. The van der Waals surface area contributed by atoms with Gasteiger partial charge >= 0.3 is 0 Å². The number of benzene rings is 4. The van der Waals surface area contributed by atoms with Gasteiger partial charge in [-0.1, -0.05) is 102 Å². The van der Waals surface area contributed by atoms with Crippen LogP contribution in [0.5, 0.6) is 0 Å². The van der Waals surface area contributed by atoms with Crippen LogP contribution in [0.4, 0.5) is 0 Å². The minimum Gasteiger partial charge on any atom is -0.207 e. The van der Waals surface area contributed by atoms with Crippen molar-refractivity contribution in [1.82, 2.24) is 4.72 Å². The van der Waals surface area contributed by atoms with Gasteiger partial charge in [0.25, 0.3) is 0 Å². The molecule has 1 atom stereocenters.